The van der Waals surface area contributed by atoms with E-state index in [1.54, 1.807) is 12.5 Å². The van der Waals surface area contributed by atoms with Crippen molar-refractivity contribution in [2.24, 2.45) is 11.7 Å². The Bertz CT molecular complexity index is 305. The topological polar surface area (TPSA) is 59.5 Å². The fourth-order valence-electron chi connectivity index (χ4n) is 1.76. The zero-order valence-corrected chi connectivity index (χ0v) is 9.98. The summed E-state index contributed by atoms with van der Waals surface area (Å²) in [5, 5.41) is 0. The SMILES string of the molecule is CCN(CC)C(=O)C(CN)Cc1ccoc1. The van der Waals surface area contributed by atoms with Gasteiger partial charge in [-0.2, -0.15) is 0 Å². The fourth-order valence-corrected chi connectivity index (χ4v) is 1.76. The molecule has 0 saturated heterocycles. The van der Waals surface area contributed by atoms with E-state index >= 15 is 0 Å². The highest BCUT2D eigenvalue weighted by Gasteiger charge is 2.21. The number of hydrogen-bond donors (Lipinski definition) is 1. The van der Waals surface area contributed by atoms with Crippen molar-refractivity contribution >= 4 is 5.91 Å². The lowest BCUT2D eigenvalue weighted by molar-refractivity contribution is -0.134. The number of hydrogen-bond acceptors (Lipinski definition) is 3. The van der Waals surface area contributed by atoms with E-state index in [0.717, 1.165) is 18.7 Å². The van der Waals surface area contributed by atoms with Crippen molar-refractivity contribution in [1.82, 2.24) is 4.90 Å². The van der Waals surface area contributed by atoms with E-state index in [4.69, 9.17) is 10.2 Å². The molecule has 4 nitrogen and oxygen atoms in total. The zero-order chi connectivity index (χ0) is 12.0. The summed E-state index contributed by atoms with van der Waals surface area (Å²) in [4.78, 5) is 13.9. The highest BCUT2D eigenvalue weighted by molar-refractivity contribution is 5.79. The van der Waals surface area contributed by atoms with Crippen LogP contribution in [0.5, 0.6) is 0 Å². The van der Waals surface area contributed by atoms with Gasteiger partial charge < -0.3 is 15.1 Å². The van der Waals surface area contributed by atoms with E-state index in [1.165, 1.54) is 0 Å². The standard InChI is InChI=1S/C12H20N2O2/c1-3-14(4-2)12(15)11(8-13)7-10-5-6-16-9-10/h5-6,9,11H,3-4,7-8,13H2,1-2H3. The Morgan fingerprint density at radius 3 is 2.62 bits per heavy atom. The minimum Gasteiger partial charge on any atom is -0.472 e. The maximum Gasteiger partial charge on any atom is 0.227 e. The van der Waals surface area contributed by atoms with Gasteiger partial charge >= 0.3 is 0 Å². The second-order valence-corrected chi connectivity index (χ2v) is 3.78. The molecule has 0 aromatic carbocycles. The van der Waals surface area contributed by atoms with Gasteiger partial charge in [-0.05, 0) is 31.9 Å². The first-order valence-electron chi connectivity index (χ1n) is 5.72. The van der Waals surface area contributed by atoms with Gasteiger partial charge in [-0.1, -0.05) is 0 Å². The highest BCUT2D eigenvalue weighted by atomic mass is 16.3. The Labute approximate surface area is 96.4 Å². The molecule has 1 atom stereocenters. The van der Waals surface area contributed by atoms with Crippen LogP contribution >= 0.6 is 0 Å². The molecule has 0 spiro atoms. The lowest BCUT2D eigenvalue weighted by Crippen LogP contribution is -2.39. The molecule has 0 aliphatic rings. The summed E-state index contributed by atoms with van der Waals surface area (Å²) in [7, 11) is 0. The van der Waals surface area contributed by atoms with Crippen molar-refractivity contribution < 1.29 is 9.21 Å². The number of furan rings is 1. The molecule has 90 valence electrons. The van der Waals surface area contributed by atoms with Gasteiger partial charge in [-0.15, -0.1) is 0 Å². The summed E-state index contributed by atoms with van der Waals surface area (Å²) < 4.78 is 4.99. The molecule has 4 heteroatoms. The number of rotatable bonds is 6. The lowest BCUT2D eigenvalue weighted by Gasteiger charge is -2.24. The van der Waals surface area contributed by atoms with Gasteiger partial charge in [0.05, 0.1) is 18.4 Å². The first kappa shape index (κ1) is 12.8. The van der Waals surface area contributed by atoms with Gasteiger partial charge in [0, 0.05) is 19.6 Å². The van der Waals surface area contributed by atoms with Crippen LogP contribution in [0.2, 0.25) is 0 Å². The molecule has 16 heavy (non-hydrogen) atoms. The molecule has 0 aliphatic carbocycles. The Hall–Kier alpha value is -1.29. The maximum atomic E-state index is 12.1. The normalized spacial score (nSPS) is 12.4. The zero-order valence-electron chi connectivity index (χ0n) is 9.98. The van der Waals surface area contributed by atoms with Crippen molar-refractivity contribution in [3.63, 3.8) is 0 Å². The Morgan fingerprint density at radius 1 is 1.50 bits per heavy atom. The molecule has 0 saturated carbocycles. The quantitative estimate of drug-likeness (QED) is 0.791. The molecule has 1 aromatic heterocycles. The Balaban J connectivity index is 2.63. The maximum absolute atomic E-state index is 12.1. The summed E-state index contributed by atoms with van der Waals surface area (Å²) >= 11 is 0. The average Bonchev–Trinajstić information content (AvgIpc) is 2.80. The minimum absolute atomic E-state index is 0.133. The van der Waals surface area contributed by atoms with Gasteiger partial charge in [0.1, 0.15) is 0 Å². The highest BCUT2D eigenvalue weighted by Crippen LogP contribution is 2.11. The third kappa shape index (κ3) is 3.10. The molecule has 0 fully saturated rings. The summed E-state index contributed by atoms with van der Waals surface area (Å²) in [5.41, 5.74) is 6.68. The second-order valence-electron chi connectivity index (χ2n) is 3.78. The number of nitrogens with zero attached hydrogens (tertiary/aromatic N) is 1. The monoisotopic (exact) mass is 224 g/mol. The molecule has 1 amide bonds. The van der Waals surface area contributed by atoms with Crippen molar-refractivity contribution in [3.8, 4) is 0 Å². The van der Waals surface area contributed by atoms with Crippen LogP contribution < -0.4 is 5.73 Å². The summed E-state index contributed by atoms with van der Waals surface area (Å²) in [6, 6.07) is 1.87. The second kappa shape index (κ2) is 6.33. The number of carbonyl (C=O) groups is 1. The Morgan fingerprint density at radius 2 is 2.19 bits per heavy atom. The van der Waals surface area contributed by atoms with Crippen LogP contribution in [0.1, 0.15) is 19.4 Å². The molecule has 1 aromatic rings. The smallest absolute Gasteiger partial charge is 0.227 e. The predicted octanol–water partition coefficient (Wildman–Crippen LogP) is 1.27. The van der Waals surface area contributed by atoms with E-state index in [2.05, 4.69) is 0 Å². The van der Waals surface area contributed by atoms with Gasteiger partial charge in [-0.3, -0.25) is 4.79 Å². The van der Waals surface area contributed by atoms with Crippen LogP contribution in [0.3, 0.4) is 0 Å². The van der Waals surface area contributed by atoms with Crippen LogP contribution in [0.15, 0.2) is 23.0 Å². The van der Waals surface area contributed by atoms with Crippen molar-refractivity contribution in [3.05, 3.63) is 24.2 Å². The van der Waals surface area contributed by atoms with Crippen molar-refractivity contribution in [2.75, 3.05) is 19.6 Å². The lowest BCUT2D eigenvalue weighted by atomic mass is 10.00. The van der Waals surface area contributed by atoms with Crippen LogP contribution in [0.25, 0.3) is 0 Å². The van der Waals surface area contributed by atoms with Gasteiger partial charge in [0.25, 0.3) is 0 Å². The largest absolute Gasteiger partial charge is 0.472 e. The first-order chi connectivity index (χ1) is 7.72. The molecule has 1 rings (SSSR count). The van der Waals surface area contributed by atoms with Crippen molar-refractivity contribution in [2.45, 2.75) is 20.3 Å². The minimum atomic E-state index is -0.141. The summed E-state index contributed by atoms with van der Waals surface area (Å²) in [5.74, 6) is -0.00815. The number of carbonyl (C=O) groups excluding carboxylic acids is 1. The first-order valence-corrected chi connectivity index (χ1v) is 5.72. The third-order valence-electron chi connectivity index (χ3n) is 2.77. The molecule has 0 radical (unpaired) electrons. The van der Waals surface area contributed by atoms with Gasteiger partial charge in [-0.25, -0.2) is 0 Å². The molecule has 1 heterocycles. The van der Waals surface area contributed by atoms with E-state index in [-0.39, 0.29) is 11.8 Å². The van der Waals surface area contributed by atoms with Gasteiger partial charge in [0.2, 0.25) is 5.91 Å². The molecular formula is C12H20N2O2. The molecule has 1 unspecified atom stereocenters. The molecule has 0 bridgehead atoms. The number of nitrogens with two attached hydrogens (primary N) is 1. The van der Waals surface area contributed by atoms with Crippen LogP contribution in [-0.2, 0) is 11.2 Å². The number of amides is 1. The summed E-state index contributed by atoms with van der Waals surface area (Å²) in [6.07, 6.45) is 3.94. The molecule has 0 aliphatic heterocycles. The predicted molar refractivity (Wildman–Crippen MR) is 62.9 cm³/mol. The van der Waals surface area contributed by atoms with E-state index in [1.807, 2.05) is 24.8 Å². The van der Waals surface area contributed by atoms with Crippen LogP contribution in [0.4, 0.5) is 0 Å². The van der Waals surface area contributed by atoms with Gasteiger partial charge in [0.15, 0.2) is 0 Å². The third-order valence-corrected chi connectivity index (χ3v) is 2.77. The van der Waals surface area contributed by atoms with Crippen molar-refractivity contribution in [1.29, 1.82) is 0 Å². The Kier molecular flexibility index (Phi) is 5.05. The fraction of sp³-hybridized carbons (Fsp3) is 0.583. The van der Waals surface area contributed by atoms with E-state index in [9.17, 15) is 4.79 Å². The summed E-state index contributed by atoms with van der Waals surface area (Å²) in [6.45, 7) is 5.80. The van der Waals surface area contributed by atoms with E-state index < -0.39 is 0 Å². The molecule has 2 N–H and O–H groups in total. The molecular weight excluding hydrogens is 204 g/mol. The van der Waals surface area contributed by atoms with Crippen LogP contribution in [-0.4, -0.2) is 30.4 Å². The average molecular weight is 224 g/mol. The van der Waals surface area contributed by atoms with E-state index in [0.29, 0.717) is 13.0 Å². The van der Waals surface area contributed by atoms with Crippen LogP contribution in [0, 0.1) is 5.92 Å².